The molecule has 182 valence electrons. The van der Waals surface area contributed by atoms with Crippen molar-refractivity contribution in [2.75, 3.05) is 46.5 Å². The SMILES string of the molecule is COc1cccc(C2(CC(=O)N3CCN(C4COC(Cc5ccccc5)CO4)CC3)CCC2)c1. The lowest BCUT2D eigenvalue weighted by Gasteiger charge is -2.45. The van der Waals surface area contributed by atoms with Crippen molar-refractivity contribution in [1.82, 2.24) is 9.80 Å². The van der Waals surface area contributed by atoms with Gasteiger partial charge >= 0.3 is 0 Å². The minimum absolute atomic E-state index is 0.0148. The first-order valence-electron chi connectivity index (χ1n) is 12.6. The highest BCUT2D eigenvalue weighted by Gasteiger charge is 2.42. The molecule has 6 nitrogen and oxygen atoms in total. The number of carbonyl (C=O) groups is 1. The average Bonchev–Trinajstić information content (AvgIpc) is 2.87. The van der Waals surface area contributed by atoms with Crippen LogP contribution in [0.15, 0.2) is 54.6 Å². The Morgan fingerprint density at radius 1 is 1.00 bits per heavy atom. The maximum Gasteiger partial charge on any atom is 0.223 e. The third kappa shape index (κ3) is 5.14. The van der Waals surface area contributed by atoms with Crippen LogP contribution >= 0.6 is 0 Å². The van der Waals surface area contributed by atoms with Crippen LogP contribution in [0.1, 0.15) is 36.8 Å². The molecule has 3 fully saturated rings. The van der Waals surface area contributed by atoms with Crippen LogP contribution in [0.25, 0.3) is 0 Å². The molecule has 3 aliphatic rings. The van der Waals surface area contributed by atoms with Crippen LogP contribution in [-0.4, -0.2) is 74.5 Å². The van der Waals surface area contributed by atoms with E-state index in [1.54, 1.807) is 7.11 Å². The van der Waals surface area contributed by atoms with Crippen LogP contribution in [0.4, 0.5) is 0 Å². The Balaban J connectivity index is 1.10. The highest BCUT2D eigenvalue weighted by atomic mass is 16.6. The summed E-state index contributed by atoms with van der Waals surface area (Å²) in [5.74, 6) is 1.14. The molecule has 2 heterocycles. The number of benzene rings is 2. The topological polar surface area (TPSA) is 51.2 Å². The molecule has 6 heteroatoms. The Bertz CT molecular complexity index is 946. The highest BCUT2D eigenvalue weighted by Crippen LogP contribution is 2.47. The fourth-order valence-electron chi connectivity index (χ4n) is 5.52. The van der Waals surface area contributed by atoms with Crippen molar-refractivity contribution in [2.45, 2.75) is 49.9 Å². The minimum Gasteiger partial charge on any atom is -0.497 e. The van der Waals surface area contributed by atoms with Crippen LogP contribution < -0.4 is 4.74 Å². The number of hydrogen-bond donors (Lipinski definition) is 0. The normalized spacial score (nSPS) is 24.9. The summed E-state index contributed by atoms with van der Waals surface area (Å²) in [4.78, 5) is 17.6. The predicted octanol–water partition coefficient (Wildman–Crippen LogP) is 3.64. The van der Waals surface area contributed by atoms with Crippen LogP contribution in [-0.2, 0) is 26.1 Å². The molecule has 2 aromatic rings. The van der Waals surface area contributed by atoms with E-state index in [0.717, 1.165) is 51.2 Å². The number of methoxy groups -OCH3 is 1. The molecule has 2 aliphatic heterocycles. The van der Waals surface area contributed by atoms with E-state index in [-0.39, 0.29) is 23.7 Å². The molecule has 1 saturated carbocycles. The van der Waals surface area contributed by atoms with Gasteiger partial charge in [0.1, 0.15) is 12.0 Å². The van der Waals surface area contributed by atoms with Gasteiger partial charge in [-0.2, -0.15) is 0 Å². The van der Waals surface area contributed by atoms with Gasteiger partial charge in [0.15, 0.2) is 0 Å². The molecule has 0 N–H and O–H groups in total. The zero-order valence-electron chi connectivity index (χ0n) is 20.2. The molecule has 1 aliphatic carbocycles. The third-order valence-electron chi connectivity index (χ3n) is 7.81. The van der Waals surface area contributed by atoms with Crippen LogP contribution in [0.3, 0.4) is 0 Å². The van der Waals surface area contributed by atoms with Gasteiger partial charge in [-0.15, -0.1) is 0 Å². The Labute approximate surface area is 202 Å². The maximum absolute atomic E-state index is 13.3. The minimum atomic E-state index is -0.0309. The molecule has 1 amide bonds. The largest absolute Gasteiger partial charge is 0.497 e. The first kappa shape index (κ1) is 23.3. The molecule has 0 aromatic heterocycles. The van der Waals surface area contributed by atoms with Gasteiger partial charge in [0.2, 0.25) is 5.91 Å². The van der Waals surface area contributed by atoms with Crippen LogP contribution in [0.2, 0.25) is 0 Å². The summed E-state index contributed by atoms with van der Waals surface area (Å²) < 4.78 is 17.7. The first-order chi connectivity index (χ1) is 16.6. The van der Waals surface area contributed by atoms with E-state index in [4.69, 9.17) is 14.2 Å². The Kier molecular flexibility index (Phi) is 7.18. The molecular weight excluding hydrogens is 428 g/mol. The molecule has 2 atom stereocenters. The Morgan fingerprint density at radius 3 is 2.44 bits per heavy atom. The number of carbonyl (C=O) groups excluding carboxylic acids is 1. The summed E-state index contributed by atoms with van der Waals surface area (Å²) in [6.07, 6.45) is 4.89. The second-order valence-corrected chi connectivity index (χ2v) is 9.89. The Hall–Kier alpha value is -2.41. The molecule has 5 rings (SSSR count). The summed E-state index contributed by atoms with van der Waals surface area (Å²) in [5, 5.41) is 0. The van der Waals surface area contributed by atoms with Crippen molar-refractivity contribution >= 4 is 5.91 Å². The predicted molar refractivity (Wildman–Crippen MR) is 131 cm³/mol. The van der Waals surface area contributed by atoms with E-state index in [1.165, 1.54) is 17.5 Å². The van der Waals surface area contributed by atoms with Crippen LogP contribution in [0, 0.1) is 0 Å². The first-order valence-corrected chi connectivity index (χ1v) is 12.6. The van der Waals surface area contributed by atoms with Gasteiger partial charge in [-0.05, 0) is 36.1 Å². The van der Waals surface area contributed by atoms with E-state index in [0.29, 0.717) is 19.6 Å². The van der Waals surface area contributed by atoms with E-state index >= 15 is 0 Å². The van der Waals surface area contributed by atoms with Crippen LogP contribution in [0.5, 0.6) is 5.75 Å². The molecule has 34 heavy (non-hydrogen) atoms. The van der Waals surface area contributed by atoms with Crippen molar-refractivity contribution in [1.29, 1.82) is 0 Å². The third-order valence-corrected chi connectivity index (χ3v) is 7.81. The van der Waals surface area contributed by atoms with Gasteiger partial charge in [-0.1, -0.05) is 48.9 Å². The lowest BCUT2D eigenvalue weighted by molar-refractivity contribution is -0.190. The Morgan fingerprint density at radius 2 is 1.79 bits per heavy atom. The highest BCUT2D eigenvalue weighted by molar-refractivity contribution is 5.78. The van der Waals surface area contributed by atoms with E-state index in [9.17, 15) is 4.79 Å². The molecule has 2 aromatic carbocycles. The molecule has 0 bridgehead atoms. The van der Waals surface area contributed by atoms with E-state index in [2.05, 4.69) is 41.3 Å². The average molecular weight is 465 g/mol. The van der Waals surface area contributed by atoms with Gasteiger partial charge in [-0.25, -0.2) is 0 Å². The fraction of sp³-hybridized carbons (Fsp3) is 0.536. The number of hydrogen-bond acceptors (Lipinski definition) is 5. The number of rotatable bonds is 7. The summed E-state index contributed by atoms with van der Waals surface area (Å²) >= 11 is 0. The monoisotopic (exact) mass is 464 g/mol. The van der Waals surface area contributed by atoms with Gasteiger partial charge in [0.05, 0.1) is 26.4 Å². The van der Waals surface area contributed by atoms with Gasteiger partial charge in [0, 0.05) is 44.4 Å². The van der Waals surface area contributed by atoms with Crippen molar-refractivity contribution in [3.05, 3.63) is 65.7 Å². The number of piperazine rings is 1. The summed E-state index contributed by atoms with van der Waals surface area (Å²) in [7, 11) is 1.70. The summed E-state index contributed by atoms with van der Waals surface area (Å²) in [5.41, 5.74) is 2.49. The van der Waals surface area contributed by atoms with E-state index in [1.807, 2.05) is 23.1 Å². The van der Waals surface area contributed by atoms with Gasteiger partial charge in [0.25, 0.3) is 0 Å². The number of nitrogens with zero attached hydrogens (tertiary/aromatic N) is 2. The van der Waals surface area contributed by atoms with Crippen molar-refractivity contribution < 1.29 is 19.0 Å². The van der Waals surface area contributed by atoms with Gasteiger partial charge in [-0.3, -0.25) is 9.69 Å². The molecule has 2 unspecified atom stereocenters. The van der Waals surface area contributed by atoms with Crippen molar-refractivity contribution in [2.24, 2.45) is 0 Å². The standard InChI is InChI=1S/C28H36N2O4/c1-32-24-10-5-9-23(18-24)28(11-6-12-28)19-26(31)29-13-15-30(16-14-29)27-21-33-25(20-34-27)17-22-7-3-2-4-8-22/h2-5,7-10,18,25,27H,6,11-17,19-21H2,1H3. The zero-order chi connectivity index (χ0) is 23.4. The maximum atomic E-state index is 13.3. The van der Waals surface area contributed by atoms with Crippen molar-refractivity contribution in [3.63, 3.8) is 0 Å². The number of ether oxygens (including phenoxy) is 3. The zero-order valence-corrected chi connectivity index (χ0v) is 20.2. The second-order valence-electron chi connectivity index (χ2n) is 9.89. The summed E-state index contributed by atoms with van der Waals surface area (Å²) in [6.45, 7) is 4.36. The van der Waals surface area contributed by atoms with Gasteiger partial charge < -0.3 is 19.1 Å². The quantitative estimate of drug-likeness (QED) is 0.626. The number of amides is 1. The lowest BCUT2D eigenvalue weighted by Crippen LogP contribution is -2.56. The smallest absolute Gasteiger partial charge is 0.223 e. The molecular formula is C28H36N2O4. The summed E-state index contributed by atoms with van der Waals surface area (Å²) in [6, 6.07) is 18.7. The van der Waals surface area contributed by atoms with E-state index < -0.39 is 0 Å². The molecule has 0 spiro atoms. The molecule has 2 saturated heterocycles. The second kappa shape index (κ2) is 10.5. The fourth-order valence-corrected chi connectivity index (χ4v) is 5.52. The molecule has 0 radical (unpaired) electrons. The van der Waals surface area contributed by atoms with Crippen molar-refractivity contribution in [3.8, 4) is 5.75 Å². The lowest BCUT2D eigenvalue weighted by atomic mass is 9.62.